The zero-order valence-electron chi connectivity index (χ0n) is 8.33. The molecule has 1 heterocycles. The number of oxazole rings is 1. The van der Waals surface area contributed by atoms with Crippen molar-refractivity contribution < 1.29 is 4.42 Å². The molecule has 0 atom stereocenters. The van der Waals surface area contributed by atoms with E-state index in [1.165, 1.54) is 5.56 Å². The van der Waals surface area contributed by atoms with Gasteiger partial charge >= 0.3 is 5.76 Å². The Morgan fingerprint density at radius 2 is 2.21 bits per heavy atom. The Bertz CT molecular complexity index is 493. The summed E-state index contributed by atoms with van der Waals surface area (Å²) in [5.74, 6) is 0.229. The molecule has 14 heavy (non-hydrogen) atoms. The first kappa shape index (κ1) is 9.06. The monoisotopic (exact) mass is 191 g/mol. The van der Waals surface area contributed by atoms with E-state index in [4.69, 9.17) is 4.42 Å². The van der Waals surface area contributed by atoms with Crippen LogP contribution in [0.5, 0.6) is 0 Å². The van der Waals surface area contributed by atoms with Crippen molar-refractivity contribution in [2.24, 2.45) is 5.92 Å². The van der Waals surface area contributed by atoms with Crippen LogP contribution in [0, 0.1) is 5.92 Å². The predicted octanol–water partition coefficient (Wildman–Crippen LogP) is 2.32. The first-order valence-corrected chi connectivity index (χ1v) is 4.77. The zero-order chi connectivity index (χ0) is 10.1. The highest BCUT2D eigenvalue weighted by atomic mass is 16.4. The average molecular weight is 191 g/mol. The van der Waals surface area contributed by atoms with Crippen molar-refractivity contribution in [2.45, 2.75) is 20.3 Å². The molecule has 0 radical (unpaired) electrons. The summed E-state index contributed by atoms with van der Waals surface area (Å²) in [5, 5.41) is 0. The maximum Gasteiger partial charge on any atom is 0.417 e. The highest BCUT2D eigenvalue weighted by molar-refractivity contribution is 5.72. The normalized spacial score (nSPS) is 11.4. The topological polar surface area (TPSA) is 46.0 Å². The van der Waals surface area contributed by atoms with Gasteiger partial charge in [-0.25, -0.2) is 4.79 Å². The molecule has 0 saturated heterocycles. The van der Waals surface area contributed by atoms with Gasteiger partial charge in [0.1, 0.15) is 0 Å². The lowest BCUT2D eigenvalue weighted by Gasteiger charge is -2.03. The van der Waals surface area contributed by atoms with E-state index in [0.29, 0.717) is 11.5 Å². The molecular weight excluding hydrogens is 178 g/mol. The van der Waals surface area contributed by atoms with Crippen LogP contribution in [-0.4, -0.2) is 4.98 Å². The van der Waals surface area contributed by atoms with Gasteiger partial charge in [0, 0.05) is 0 Å². The van der Waals surface area contributed by atoms with Gasteiger partial charge in [-0.2, -0.15) is 0 Å². The number of benzene rings is 1. The minimum Gasteiger partial charge on any atom is -0.408 e. The number of hydrogen-bond donors (Lipinski definition) is 1. The minimum atomic E-state index is -0.387. The summed E-state index contributed by atoms with van der Waals surface area (Å²) in [4.78, 5) is 13.6. The van der Waals surface area contributed by atoms with Crippen molar-refractivity contribution in [3.63, 3.8) is 0 Å². The maximum absolute atomic E-state index is 10.9. The van der Waals surface area contributed by atoms with Crippen LogP contribution in [0.4, 0.5) is 0 Å². The van der Waals surface area contributed by atoms with Crippen molar-refractivity contribution in [3.8, 4) is 0 Å². The standard InChI is InChI=1S/C11H13NO2/c1-7(2)5-8-3-4-10-9(6-8)12-11(13)14-10/h3-4,6-7H,5H2,1-2H3,(H,12,13). The molecular formula is C11H13NO2. The van der Waals surface area contributed by atoms with Gasteiger partial charge in [0.15, 0.2) is 5.58 Å². The number of H-pyrrole nitrogens is 1. The van der Waals surface area contributed by atoms with Crippen LogP contribution in [0.1, 0.15) is 19.4 Å². The van der Waals surface area contributed by atoms with Crippen LogP contribution < -0.4 is 5.76 Å². The number of rotatable bonds is 2. The van der Waals surface area contributed by atoms with E-state index in [0.717, 1.165) is 11.9 Å². The van der Waals surface area contributed by atoms with Gasteiger partial charge < -0.3 is 4.42 Å². The van der Waals surface area contributed by atoms with Gasteiger partial charge in [0.2, 0.25) is 0 Å². The second-order valence-electron chi connectivity index (χ2n) is 3.94. The number of fused-ring (bicyclic) bond motifs is 1. The Kier molecular flexibility index (Phi) is 2.15. The Hall–Kier alpha value is -1.51. The fraction of sp³-hybridized carbons (Fsp3) is 0.364. The van der Waals surface area contributed by atoms with E-state index >= 15 is 0 Å². The lowest BCUT2D eigenvalue weighted by molar-refractivity contribution is 0.555. The molecule has 74 valence electrons. The van der Waals surface area contributed by atoms with Crippen LogP contribution in [0.3, 0.4) is 0 Å². The minimum absolute atomic E-state index is 0.387. The van der Waals surface area contributed by atoms with Gasteiger partial charge in [-0.3, -0.25) is 4.98 Å². The van der Waals surface area contributed by atoms with Gasteiger partial charge in [-0.1, -0.05) is 19.9 Å². The third-order valence-electron chi connectivity index (χ3n) is 2.13. The third-order valence-corrected chi connectivity index (χ3v) is 2.13. The van der Waals surface area contributed by atoms with Crippen LogP contribution in [-0.2, 0) is 6.42 Å². The lowest BCUT2D eigenvalue weighted by Crippen LogP contribution is -1.94. The number of aromatic nitrogens is 1. The van der Waals surface area contributed by atoms with Crippen molar-refractivity contribution in [3.05, 3.63) is 34.3 Å². The van der Waals surface area contributed by atoms with E-state index < -0.39 is 0 Å². The SMILES string of the molecule is CC(C)Cc1ccc2oc(=O)[nH]c2c1. The van der Waals surface area contributed by atoms with E-state index in [9.17, 15) is 4.79 Å². The molecule has 0 spiro atoms. The lowest BCUT2D eigenvalue weighted by atomic mass is 10.0. The summed E-state index contributed by atoms with van der Waals surface area (Å²) in [6, 6.07) is 5.81. The van der Waals surface area contributed by atoms with Crippen LogP contribution in [0.2, 0.25) is 0 Å². The van der Waals surface area contributed by atoms with Crippen molar-refractivity contribution in [1.82, 2.24) is 4.98 Å². The molecule has 2 aromatic rings. The summed E-state index contributed by atoms with van der Waals surface area (Å²) >= 11 is 0. The van der Waals surface area contributed by atoms with Crippen molar-refractivity contribution >= 4 is 11.1 Å². The molecule has 1 aromatic carbocycles. The fourth-order valence-corrected chi connectivity index (χ4v) is 1.60. The summed E-state index contributed by atoms with van der Waals surface area (Å²) in [5.41, 5.74) is 2.64. The Labute approximate surface area is 81.7 Å². The molecule has 3 heteroatoms. The molecule has 0 fully saturated rings. The third kappa shape index (κ3) is 1.71. The molecule has 0 saturated carbocycles. The molecule has 3 nitrogen and oxygen atoms in total. The van der Waals surface area contributed by atoms with Crippen LogP contribution in [0.15, 0.2) is 27.4 Å². The van der Waals surface area contributed by atoms with Crippen LogP contribution >= 0.6 is 0 Å². The molecule has 0 aliphatic carbocycles. The molecule has 0 amide bonds. The molecule has 0 unspecified atom stereocenters. The first-order chi connectivity index (χ1) is 6.65. The molecule has 0 aliphatic rings. The fourth-order valence-electron chi connectivity index (χ4n) is 1.60. The second-order valence-corrected chi connectivity index (χ2v) is 3.94. The van der Waals surface area contributed by atoms with Crippen molar-refractivity contribution in [2.75, 3.05) is 0 Å². The summed E-state index contributed by atoms with van der Waals surface area (Å²) < 4.78 is 4.92. The maximum atomic E-state index is 10.9. The molecule has 1 N–H and O–H groups in total. The Morgan fingerprint density at radius 3 is 2.93 bits per heavy atom. The molecule has 1 aromatic heterocycles. The zero-order valence-corrected chi connectivity index (χ0v) is 8.33. The smallest absolute Gasteiger partial charge is 0.408 e. The number of hydrogen-bond acceptors (Lipinski definition) is 2. The Balaban J connectivity index is 2.45. The summed E-state index contributed by atoms with van der Waals surface area (Å²) in [6.07, 6.45) is 1.02. The molecule has 2 rings (SSSR count). The van der Waals surface area contributed by atoms with E-state index in [-0.39, 0.29) is 5.76 Å². The number of aromatic amines is 1. The number of nitrogens with one attached hydrogen (secondary N) is 1. The molecule has 0 bridgehead atoms. The van der Waals surface area contributed by atoms with Gasteiger partial charge in [-0.05, 0) is 30.0 Å². The highest BCUT2D eigenvalue weighted by Crippen LogP contribution is 2.14. The van der Waals surface area contributed by atoms with E-state index in [1.807, 2.05) is 18.2 Å². The molecule has 0 aliphatic heterocycles. The Morgan fingerprint density at radius 1 is 1.43 bits per heavy atom. The van der Waals surface area contributed by atoms with Gasteiger partial charge in [-0.15, -0.1) is 0 Å². The summed E-state index contributed by atoms with van der Waals surface area (Å²) in [7, 11) is 0. The van der Waals surface area contributed by atoms with Crippen molar-refractivity contribution in [1.29, 1.82) is 0 Å². The summed E-state index contributed by atoms with van der Waals surface area (Å²) in [6.45, 7) is 4.34. The van der Waals surface area contributed by atoms with Gasteiger partial charge in [0.25, 0.3) is 0 Å². The largest absolute Gasteiger partial charge is 0.417 e. The predicted molar refractivity (Wildman–Crippen MR) is 55.4 cm³/mol. The second kappa shape index (κ2) is 3.33. The van der Waals surface area contributed by atoms with Crippen LogP contribution in [0.25, 0.3) is 11.1 Å². The first-order valence-electron chi connectivity index (χ1n) is 4.77. The van der Waals surface area contributed by atoms with E-state index in [1.54, 1.807) is 0 Å². The van der Waals surface area contributed by atoms with E-state index in [2.05, 4.69) is 18.8 Å². The quantitative estimate of drug-likeness (QED) is 0.791. The van der Waals surface area contributed by atoms with Gasteiger partial charge in [0.05, 0.1) is 5.52 Å². The highest BCUT2D eigenvalue weighted by Gasteiger charge is 2.03. The average Bonchev–Trinajstić information content (AvgIpc) is 2.42.